The van der Waals surface area contributed by atoms with Gasteiger partial charge < -0.3 is 15.0 Å². The number of hydrogen-bond donors (Lipinski definition) is 1. The molecule has 0 bridgehead atoms. The molecule has 0 spiro atoms. The smallest absolute Gasteiger partial charge is 0.185 e. The van der Waals surface area contributed by atoms with E-state index in [9.17, 15) is 0 Å². The minimum Gasteiger partial charge on any atom is -0.383 e. The zero-order valence-corrected chi connectivity index (χ0v) is 11.4. The Kier molecular flexibility index (Phi) is 4.76. The highest BCUT2D eigenvalue weighted by Gasteiger charge is 2.29. The molecule has 1 fully saturated rings. The van der Waals surface area contributed by atoms with Crippen LogP contribution in [0.1, 0.15) is 24.6 Å². The van der Waals surface area contributed by atoms with Gasteiger partial charge >= 0.3 is 0 Å². The van der Waals surface area contributed by atoms with Gasteiger partial charge in [-0.15, -0.1) is 11.3 Å². The number of methoxy groups -OCH3 is 1. The molecule has 1 heterocycles. The van der Waals surface area contributed by atoms with Gasteiger partial charge in [0, 0.05) is 43.9 Å². The molecule has 1 N–H and O–H groups in total. The maximum atomic E-state index is 5.00. The molecular formula is C12H21N3OS. The van der Waals surface area contributed by atoms with Crippen molar-refractivity contribution in [1.82, 2.24) is 10.3 Å². The van der Waals surface area contributed by atoms with Crippen LogP contribution in [0.3, 0.4) is 0 Å². The lowest BCUT2D eigenvalue weighted by molar-refractivity contribution is 0.199. The van der Waals surface area contributed by atoms with Crippen molar-refractivity contribution in [1.29, 1.82) is 0 Å². The first-order valence-corrected chi connectivity index (χ1v) is 7.07. The normalized spacial score (nSPS) is 15.2. The van der Waals surface area contributed by atoms with Crippen LogP contribution in [0.2, 0.25) is 0 Å². The summed E-state index contributed by atoms with van der Waals surface area (Å²) in [5, 5.41) is 4.52. The molecule has 1 aromatic heterocycles. The largest absolute Gasteiger partial charge is 0.383 e. The van der Waals surface area contributed by atoms with Gasteiger partial charge in [0.05, 0.1) is 6.61 Å². The summed E-state index contributed by atoms with van der Waals surface area (Å²) in [6.07, 6.45) is 4.65. The van der Waals surface area contributed by atoms with E-state index in [1.54, 1.807) is 18.4 Å². The quantitative estimate of drug-likeness (QED) is 0.720. The van der Waals surface area contributed by atoms with Gasteiger partial charge in [-0.05, 0) is 19.8 Å². The predicted molar refractivity (Wildman–Crippen MR) is 71.7 cm³/mol. The van der Waals surface area contributed by atoms with Gasteiger partial charge in [-0.1, -0.05) is 0 Å². The molecule has 4 nitrogen and oxygen atoms in total. The molecule has 1 aromatic rings. The molecule has 17 heavy (non-hydrogen) atoms. The third-order valence-corrected chi connectivity index (χ3v) is 3.93. The third-order valence-electron chi connectivity index (χ3n) is 2.90. The number of ether oxygens (including phenoxy) is 1. The topological polar surface area (TPSA) is 37.4 Å². The van der Waals surface area contributed by atoms with E-state index in [4.69, 9.17) is 4.74 Å². The molecular weight excluding hydrogens is 234 g/mol. The average molecular weight is 255 g/mol. The van der Waals surface area contributed by atoms with Gasteiger partial charge in [0.15, 0.2) is 5.13 Å². The highest BCUT2D eigenvalue weighted by Crippen LogP contribution is 2.33. The monoisotopic (exact) mass is 255 g/mol. The zero-order chi connectivity index (χ0) is 12.1. The van der Waals surface area contributed by atoms with Gasteiger partial charge in [-0.25, -0.2) is 4.98 Å². The Morgan fingerprint density at radius 1 is 1.59 bits per heavy atom. The van der Waals surface area contributed by atoms with Gasteiger partial charge in [-0.2, -0.15) is 0 Å². The number of thiazole rings is 1. The number of nitrogens with zero attached hydrogens (tertiary/aromatic N) is 2. The van der Waals surface area contributed by atoms with Gasteiger partial charge in [0.2, 0.25) is 0 Å². The minimum atomic E-state index is 0.750. The molecule has 0 atom stereocenters. The Balaban J connectivity index is 1.82. The predicted octanol–water partition coefficient (Wildman–Crippen LogP) is 1.87. The van der Waals surface area contributed by atoms with Crippen LogP contribution < -0.4 is 10.2 Å². The van der Waals surface area contributed by atoms with Crippen molar-refractivity contribution < 1.29 is 4.74 Å². The van der Waals surface area contributed by atoms with Crippen molar-refractivity contribution in [2.45, 2.75) is 32.4 Å². The molecule has 0 radical (unpaired) electrons. The fourth-order valence-corrected chi connectivity index (χ4v) is 2.85. The summed E-state index contributed by atoms with van der Waals surface area (Å²) in [7, 11) is 1.72. The Morgan fingerprint density at radius 2 is 2.41 bits per heavy atom. The van der Waals surface area contributed by atoms with Crippen LogP contribution in [0.4, 0.5) is 5.13 Å². The summed E-state index contributed by atoms with van der Waals surface area (Å²) in [4.78, 5) is 8.24. The van der Waals surface area contributed by atoms with Crippen LogP contribution in [-0.2, 0) is 11.3 Å². The molecule has 0 aromatic carbocycles. The van der Waals surface area contributed by atoms with Crippen LogP contribution in [0.15, 0.2) is 6.20 Å². The second-order valence-corrected chi connectivity index (χ2v) is 5.39. The lowest BCUT2D eigenvalue weighted by atomic mass is 10.5. The summed E-state index contributed by atoms with van der Waals surface area (Å²) >= 11 is 1.80. The van der Waals surface area contributed by atoms with E-state index in [-0.39, 0.29) is 0 Å². The molecule has 1 aliphatic rings. The number of aromatic nitrogens is 1. The second kappa shape index (κ2) is 6.33. The lowest BCUT2D eigenvalue weighted by Gasteiger charge is -2.18. The van der Waals surface area contributed by atoms with Gasteiger partial charge in [0.1, 0.15) is 0 Å². The van der Waals surface area contributed by atoms with Crippen molar-refractivity contribution in [2.75, 3.05) is 31.7 Å². The molecule has 1 saturated carbocycles. The minimum absolute atomic E-state index is 0.750. The van der Waals surface area contributed by atoms with Crippen LogP contribution in [0, 0.1) is 0 Å². The SMILES string of the molecule is CCN(c1ncc(CNCCOC)s1)C1CC1. The van der Waals surface area contributed by atoms with Crippen molar-refractivity contribution in [2.24, 2.45) is 0 Å². The summed E-state index contributed by atoms with van der Waals surface area (Å²) in [6, 6.07) is 0.750. The number of rotatable bonds is 8. The first-order valence-electron chi connectivity index (χ1n) is 6.26. The molecule has 0 aliphatic heterocycles. The van der Waals surface area contributed by atoms with E-state index in [1.807, 2.05) is 6.20 Å². The van der Waals surface area contributed by atoms with E-state index < -0.39 is 0 Å². The Bertz CT molecular complexity index is 338. The maximum Gasteiger partial charge on any atom is 0.185 e. The summed E-state index contributed by atoms with van der Waals surface area (Å²) in [6.45, 7) is 5.81. The average Bonchev–Trinajstić information content (AvgIpc) is 3.06. The second-order valence-electron chi connectivity index (χ2n) is 4.30. The van der Waals surface area contributed by atoms with Crippen molar-refractivity contribution >= 4 is 16.5 Å². The highest BCUT2D eigenvalue weighted by atomic mass is 32.1. The Labute approximate surface area is 107 Å². The number of anilines is 1. The van der Waals surface area contributed by atoms with E-state index in [0.29, 0.717) is 0 Å². The number of nitrogens with one attached hydrogen (secondary N) is 1. The van der Waals surface area contributed by atoms with Crippen LogP contribution in [0.25, 0.3) is 0 Å². The lowest BCUT2D eigenvalue weighted by Crippen LogP contribution is -2.24. The summed E-state index contributed by atoms with van der Waals surface area (Å²) in [5.74, 6) is 0. The third kappa shape index (κ3) is 3.66. The standard InChI is InChI=1S/C12H21N3OS/c1-3-15(10-4-5-10)12-14-9-11(17-12)8-13-6-7-16-2/h9-10,13H,3-8H2,1-2H3. The highest BCUT2D eigenvalue weighted by molar-refractivity contribution is 7.15. The van der Waals surface area contributed by atoms with E-state index >= 15 is 0 Å². The fraction of sp³-hybridized carbons (Fsp3) is 0.750. The first kappa shape index (κ1) is 12.8. The van der Waals surface area contributed by atoms with E-state index in [2.05, 4.69) is 22.1 Å². The zero-order valence-electron chi connectivity index (χ0n) is 10.6. The van der Waals surface area contributed by atoms with E-state index in [1.165, 1.54) is 22.9 Å². The van der Waals surface area contributed by atoms with Crippen molar-refractivity contribution in [3.05, 3.63) is 11.1 Å². The molecule has 0 saturated heterocycles. The van der Waals surface area contributed by atoms with Crippen LogP contribution in [-0.4, -0.2) is 37.8 Å². The molecule has 5 heteroatoms. The summed E-state index contributed by atoms with van der Waals surface area (Å²) in [5.41, 5.74) is 0. The number of hydrogen-bond acceptors (Lipinski definition) is 5. The molecule has 0 amide bonds. The van der Waals surface area contributed by atoms with Crippen LogP contribution in [0.5, 0.6) is 0 Å². The Morgan fingerprint density at radius 3 is 3.06 bits per heavy atom. The first-order chi connectivity index (χ1) is 8.35. The molecule has 1 aliphatic carbocycles. The fourth-order valence-electron chi connectivity index (χ4n) is 1.83. The van der Waals surface area contributed by atoms with Crippen LogP contribution >= 0.6 is 11.3 Å². The van der Waals surface area contributed by atoms with Gasteiger partial charge in [0.25, 0.3) is 0 Å². The maximum absolute atomic E-state index is 5.00. The van der Waals surface area contributed by atoms with Gasteiger partial charge in [-0.3, -0.25) is 0 Å². The molecule has 96 valence electrons. The van der Waals surface area contributed by atoms with E-state index in [0.717, 1.165) is 32.3 Å². The summed E-state index contributed by atoms with van der Waals surface area (Å²) < 4.78 is 5.00. The van der Waals surface area contributed by atoms with Crippen molar-refractivity contribution in [3.8, 4) is 0 Å². The Hall–Kier alpha value is -0.650. The molecule has 2 rings (SSSR count). The van der Waals surface area contributed by atoms with Crippen molar-refractivity contribution in [3.63, 3.8) is 0 Å². The molecule has 0 unspecified atom stereocenters.